The van der Waals surface area contributed by atoms with Crippen LogP contribution in [0.4, 0.5) is 4.39 Å². The highest BCUT2D eigenvalue weighted by atomic mass is 19.1. The minimum atomic E-state index is -0.505. The third kappa shape index (κ3) is 3.16. The Morgan fingerprint density at radius 3 is 2.67 bits per heavy atom. The summed E-state index contributed by atoms with van der Waals surface area (Å²) in [6, 6.07) is 9.26. The van der Waals surface area contributed by atoms with Crippen LogP contribution in [0.25, 0.3) is 0 Å². The summed E-state index contributed by atoms with van der Waals surface area (Å²) in [5.74, 6) is -0.517. The highest BCUT2D eigenvalue weighted by Crippen LogP contribution is 2.17. The number of rotatable bonds is 3. The smallest absolute Gasteiger partial charge is 0.316 e. The lowest BCUT2D eigenvalue weighted by Crippen LogP contribution is -2.31. The molecule has 0 aliphatic carbocycles. The van der Waals surface area contributed by atoms with Crippen molar-refractivity contribution in [3.63, 3.8) is 0 Å². The molecule has 1 amide bonds. The van der Waals surface area contributed by atoms with Gasteiger partial charge in [-0.05, 0) is 12.1 Å². The fourth-order valence-corrected chi connectivity index (χ4v) is 2.28. The topological polar surface area (TPSA) is 55.3 Å². The van der Waals surface area contributed by atoms with Crippen molar-refractivity contribution >= 4 is 5.91 Å². The van der Waals surface area contributed by atoms with Crippen LogP contribution >= 0.6 is 0 Å². The van der Waals surface area contributed by atoms with Crippen LogP contribution in [0.3, 0.4) is 0 Å². The van der Waals surface area contributed by atoms with E-state index in [1.54, 1.807) is 17.0 Å². The fourth-order valence-electron chi connectivity index (χ4n) is 2.28. The first kappa shape index (κ1) is 13.5. The number of nitrogens with zero attached hydrogens (tertiary/aromatic N) is 3. The predicted molar refractivity (Wildman–Crippen MR) is 73.4 cm³/mol. The van der Waals surface area contributed by atoms with E-state index in [1.165, 1.54) is 0 Å². The highest BCUT2D eigenvalue weighted by molar-refractivity contribution is 5.94. The van der Waals surface area contributed by atoms with Gasteiger partial charge >= 0.3 is 6.01 Å². The van der Waals surface area contributed by atoms with Gasteiger partial charge in [0.15, 0.2) is 5.82 Å². The van der Waals surface area contributed by atoms with Crippen LogP contribution in [-0.4, -0.2) is 40.0 Å². The monoisotopic (exact) mass is 287 g/mol. The molecule has 0 saturated carbocycles. The van der Waals surface area contributed by atoms with Gasteiger partial charge in [-0.15, -0.1) is 0 Å². The molecule has 1 aromatic heterocycles. The van der Waals surface area contributed by atoms with Crippen LogP contribution in [0.2, 0.25) is 0 Å². The summed E-state index contributed by atoms with van der Waals surface area (Å²) >= 11 is 0. The molecule has 5 nitrogen and oxygen atoms in total. The Bertz CT molecular complexity index is 619. The van der Waals surface area contributed by atoms with E-state index in [9.17, 15) is 9.18 Å². The van der Waals surface area contributed by atoms with Crippen molar-refractivity contribution in [2.75, 3.05) is 13.1 Å². The van der Waals surface area contributed by atoms with Gasteiger partial charge in [0.2, 0.25) is 0 Å². The summed E-state index contributed by atoms with van der Waals surface area (Å²) in [5.41, 5.74) is 0.663. The third-order valence-corrected chi connectivity index (χ3v) is 3.32. The Labute approximate surface area is 121 Å². The molecule has 1 aliphatic rings. The van der Waals surface area contributed by atoms with E-state index in [-0.39, 0.29) is 18.0 Å². The summed E-state index contributed by atoms with van der Waals surface area (Å²) in [7, 11) is 0. The van der Waals surface area contributed by atoms with E-state index in [0.29, 0.717) is 25.1 Å². The van der Waals surface area contributed by atoms with Crippen molar-refractivity contribution in [3.8, 4) is 6.01 Å². The standard InChI is InChI=1S/C15H14FN3O2/c16-12-8-17-15(18-9-12)21-13-6-7-19(10-13)14(20)11-4-2-1-3-5-11/h1-5,8-9,13H,6-7,10H2. The first-order valence-corrected chi connectivity index (χ1v) is 6.71. The summed E-state index contributed by atoms with van der Waals surface area (Å²) in [4.78, 5) is 21.5. The third-order valence-electron chi connectivity index (χ3n) is 3.32. The molecule has 1 unspecified atom stereocenters. The Kier molecular flexibility index (Phi) is 3.77. The van der Waals surface area contributed by atoms with Crippen LogP contribution in [0.1, 0.15) is 16.8 Å². The van der Waals surface area contributed by atoms with Crippen molar-refractivity contribution in [1.29, 1.82) is 0 Å². The fraction of sp³-hybridized carbons (Fsp3) is 0.267. The average molecular weight is 287 g/mol. The van der Waals surface area contributed by atoms with Gasteiger partial charge in [-0.2, -0.15) is 0 Å². The molecule has 6 heteroatoms. The molecule has 1 atom stereocenters. The number of carbonyl (C=O) groups is 1. The van der Waals surface area contributed by atoms with Gasteiger partial charge in [-0.25, -0.2) is 14.4 Å². The first-order chi connectivity index (χ1) is 10.2. The molecule has 2 heterocycles. The lowest BCUT2D eigenvalue weighted by atomic mass is 10.2. The largest absolute Gasteiger partial charge is 0.458 e. The summed E-state index contributed by atoms with van der Waals surface area (Å²) < 4.78 is 18.3. The van der Waals surface area contributed by atoms with E-state index >= 15 is 0 Å². The quantitative estimate of drug-likeness (QED) is 0.865. The van der Waals surface area contributed by atoms with Crippen LogP contribution in [0, 0.1) is 5.82 Å². The zero-order chi connectivity index (χ0) is 14.7. The molecule has 0 bridgehead atoms. The number of ether oxygens (including phenoxy) is 1. The van der Waals surface area contributed by atoms with Crippen LogP contribution < -0.4 is 4.74 Å². The minimum absolute atomic E-state index is 0.0123. The van der Waals surface area contributed by atoms with Crippen molar-refractivity contribution < 1.29 is 13.9 Å². The molecule has 108 valence electrons. The molecule has 1 aliphatic heterocycles. The summed E-state index contributed by atoms with van der Waals surface area (Å²) in [6.07, 6.45) is 2.66. The Morgan fingerprint density at radius 1 is 1.24 bits per heavy atom. The van der Waals surface area contributed by atoms with Crippen LogP contribution in [0.5, 0.6) is 6.01 Å². The Hall–Kier alpha value is -2.50. The zero-order valence-corrected chi connectivity index (χ0v) is 11.3. The highest BCUT2D eigenvalue weighted by Gasteiger charge is 2.28. The van der Waals surface area contributed by atoms with Gasteiger partial charge in [0, 0.05) is 18.5 Å². The van der Waals surface area contributed by atoms with E-state index in [0.717, 1.165) is 12.4 Å². The molecule has 2 aromatic rings. The molecule has 0 spiro atoms. The number of benzene rings is 1. The maximum Gasteiger partial charge on any atom is 0.316 e. The van der Waals surface area contributed by atoms with Gasteiger partial charge < -0.3 is 9.64 Å². The number of halogens is 1. The molecule has 21 heavy (non-hydrogen) atoms. The second-order valence-electron chi connectivity index (χ2n) is 4.83. The van der Waals surface area contributed by atoms with E-state index in [2.05, 4.69) is 9.97 Å². The van der Waals surface area contributed by atoms with Gasteiger partial charge in [-0.1, -0.05) is 18.2 Å². The Balaban J connectivity index is 1.60. The molecular formula is C15H14FN3O2. The van der Waals surface area contributed by atoms with Gasteiger partial charge in [0.05, 0.1) is 18.9 Å². The van der Waals surface area contributed by atoms with Crippen molar-refractivity contribution in [2.45, 2.75) is 12.5 Å². The van der Waals surface area contributed by atoms with Gasteiger partial charge in [0.1, 0.15) is 6.10 Å². The molecule has 1 aromatic carbocycles. The molecule has 0 N–H and O–H groups in total. The zero-order valence-electron chi connectivity index (χ0n) is 11.3. The normalized spacial score (nSPS) is 17.8. The van der Waals surface area contributed by atoms with E-state index < -0.39 is 5.82 Å². The molecule has 1 saturated heterocycles. The number of amides is 1. The van der Waals surface area contributed by atoms with Crippen molar-refractivity contribution in [3.05, 3.63) is 54.1 Å². The SMILES string of the molecule is O=C(c1ccccc1)N1CCC(Oc2ncc(F)cn2)C1. The van der Waals surface area contributed by atoms with Crippen molar-refractivity contribution in [1.82, 2.24) is 14.9 Å². The Morgan fingerprint density at radius 2 is 1.95 bits per heavy atom. The number of hydrogen-bond acceptors (Lipinski definition) is 4. The van der Waals surface area contributed by atoms with Crippen LogP contribution in [-0.2, 0) is 0 Å². The lowest BCUT2D eigenvalue weighted by Gasteiger charge is -2.16. The summed E-state index contributed by atoms with van der Waals surface area (Å²) in [6.45, 7) is 1.11. The number of aromatic nitrogens is 2. The second kappa shape index (κ2) is 5.87. The van der Waals surface area contributed by atoms with Crippen molar-refractivity contribution in [2.24, 2.45) is 0 Å². The lowest BCUT2D eigenvalue weighted by molar-refractivity contribution is 0.0769. The minimum Gasteiger partial charge on any atom is -0.458 e. The second-order valence-corrected chi connectivity index (χ2v) is 4.83. The predicted octanol–water partition coefficient (Wildman–Crippen LogP) is 1.91. The molecule has 3 rings (SSSR count). The number of likely N-dealkylation sites (tertiary alicyclic amines) is 1. The molecule has 0 radical (unpaired) electrons. The van der Waals surface area contributed by atoms with Crippen LogP contribution in [0.15, 0.2) is 42.7 Å². The maximum absolute atomic E-state index is 12.7. The summed E-state index contributed by atoms with van der Waals surface area (Å²) in [5, 5.41) is 0. The maximum atomic E-state index is 12.7. The molecular weight excluding hydrogens is 273 g/mol. The van der Waals surface area contributed by atoms with E-state index in [1.807, 2.05) is 18.2 Å². The van der Waals surface area contributed by atoms with E-state index in [4.69, 9.17) is 4.74 Å². The average Bonchev–Trinajstić information content (AvgIpc) is 2.98. The first-order valence-electron chi connectivity index (χ1n) is 6.71. The van der Waals surface area contributed by atoms with Gasteiger partial charge in [-0.3, -0.25) is 4.79 Å². The molecule has 1 fully saturated rings. The number of carbonyl (C=O) groups excluding carboxylic acids is 1. The number of hydrogen-bond donors (Lipinski definition) is 0. The van der Waals surface area contributed by atoms with Gasteiger partial charge in [0.25, 0.3) is 5.91 Å².